The molecule has 30 heavy (non-hydrogen) atoms. The number of anilines is 1. The molecule has 3 rings (SSSR count). The molecule has 3 aromatic rings. The summed E-state index contributed by atoms with van der Waals surface area (Å²) in [4.78, 5) is 12.1. The number of amides is 1. The summed E-state index contributed by atoms with van der Waals surface area (Å²) in [5.41, 5.74) is 10.7. The molecule has 0 aliphatic carbocycles. The Bertz CT molecular complexity index is 1070. The van der Waals surface area contributed by atoms with Crippen LogP contribution in [0.3, 0.4) is 0 Å². The molecule has 0 saturated carbocycles. The lowest BCUT2D eigenvalue weighted by Gasteiger charge is -2.12. The zero-order valence-electron chi connectivity index (χ0n) is 16.1. The number of nitrogens with two attached hydrogens (primary N) is 1. The summed E-state index contributed by atoms with van der Waals surface area (Å²) >= 11 is 12.1. The highest BCUT2D eigenvalue weighted by molar-refractivity contribution is 6.35. The van der Waals surface area contributed by atoms with Gasteiger partial charge in [0.1, 0.15) is 6.61 Å². The monoisotopic (exact) mass is 443 g/mol. The van der Waals surface area contributed by atoms with Crippen molar-refractivity contribution in [3.63, 3.8) is 0 Å². The average molecular weight is 444 g/mol. The maximum absolute atomic E-state index is 12.1. The van der Waals surface area contributed by atoms with E-state index in [-0.39, 0.29) is 12.5 Å². The number of nitrogens with zero attached hydrogens (tertiary/aromatic N) is 1. The summed E-state index contributed by atoms with van der Waals surface area (Å²) < 4.78 is 11.2. The summed E-state index contributed by atoms with van der Waals surface area (Å²) in [7, 11) is 1.54. The van der Waals surface area contributed by atoms with Crippen LogP contribution in [0.4, 0.5) is 5.69 Å². The summed E-state index contributed by atoms with van der Waals surface area (Å²) in [6.45, 7) is 0.261. The topological polar surface area (TPSA) is 85.9 Å². The summed E-state index contributed by atoms with van der Waals surface area (Å²) in [6, 6.07) is 17.1. The Morgan fingerprint density at radius 3 is 2.53 bits per heavy atom. The van der Waals surface area contributed by atoms with Crippen molar-refractivity contribution < 1.29 is 14.3 Å². The number of methoxy groups -OCH3 is 1. The predicted molar refractivity (Wildman–Crippen MR) is 120 cm³/mol. The molecule has 0 aliphatic rings. The first kappa shape index (κ1) is 21.5. The molecule has 0 aliphatic heterocycles. The number of rotatable bonds is 7. The molecule has 0 fully saturated rings. The number of benzene rings is 3. The van der Waals surface area contributed by atoms with Crippen molar-refractivity contribution in [2.24, 2.45) is 5.10 Å². The van der Waals surface area contributed by atoms with Gasteiger partial charge in [0.25, 0.3) is 5.91 Å². The molecule has 8 heteroatoms. The number of halogens is 2. The second kappa shape index (κ2) is 10.0. The Balaban J connectivity index is 1.63. The van der Waals surface area contributed by atoms with Gasteiger partial charge in [-0.05, 0) is 60.2 Å². The Labute approximate surface area is 184 Å². The van der Waals surface area contributed by atoms with Crippen LogP contribution in [-0.4, -0.2) is 19.2 Å². The van der Waals surface area contributed by atoms with Crippen LogP contribution in [0.2, 0.25) is 10.0 Å². The van der Waals surface area contributed by atoms with Crippen LogP contribution >= 0.6 is 23.2 Å². The molecule has 0 unspecified atom stereocenters. The van der Waals surface area contributed by atoms with Gasteiger partial charge in [-0.25, -0.2) is 5.43 Å². The maximum atomic E-state index is 12.1. The van der Waals surface area contributed by atoms with Crippen molar-refractivity contribution in [2.75, 3.05) is 12.8 Å². The van der Waals surface area contributed by atoms with Crippen molar-refractivity contribution in [1.29, 1.82) is 0 Å². The number of hydrazone groups is 1. The number of hydrogen-bond acceptors (Lipinski definition) is 5. The highest BCUT2D eigenvalue weighted by atomic mass is 35.5. The van der Waals surface area contributed by atoms with Crippen molar-refractivity contribution in [3.05, 3.63) is 87.4 Å². The molecule has 0 bridgehead atoms. The van der Waals surface area contributed by atoms with E-state index in [1.165, 1.54) is 6.21 Å². The maximum Gasteiger partial charge on any atom is 0.271 e. The molecule has 3 N–H and O–H groups in total. The van der Waals surface area contributed by atoms with E-state index < -0.39 is 0 Å². The zero-order chi connectivity index (χ0) is 21.5. The van der Waals surface area contributed by atoms with Gasteiger partial charge in [0.05, 0.1) is 13.3 Å². The van der Waals surface area contributed by atoms with Crippen LogP contribution in [0.1, 0.15) is 21.5 Å². The molecule has 0 atom stereocenters. The fourth-order valence-electron chi connectivity index (χ4n) is 2.54. The lowest BCUT2D eigenvalue weighted by Crippen LogP contribution is -2.17. The van der Waals surface area contributed by atoms with E-state index in [4.69, 9.17) is 38.4 Å². The fraction of sp³-hybridized carbons (Fsp3) is 0.0909. The third-order valence-electron chi connectivity index (χ3n) is 4.14. The summed E-state index contributed by atoms with van der Waals surface area (Å²) in [6.07, 6.45) is 1.51. The minimum Gasteiger partial charge on any atom is -0.493 e. The van der Waals surface area contributed by atoms with Crippen LogP contribution < -0.4 is 20.6 Å². The van der Waals surface area contributed by atoms with Gasteiger partial charge >= 0.3 is 0 Å². The fourth-order valence-corrected chi connectivity index (χ4v) is 3.01. The van der Waals surface area contributed by atoms with Crippen LogP contribution in [0.5, 0.6) is 11.5 Å². The number of nitrogen functional groups attached to an aromatic ring is 1. The molecule has 1 amide bonds. The van der Waals surface area contributed by atoms with Gasteiger partial charge in [0.2, 0.25) is 0 Å². The molecule has 154 valence electrons. The highest BCUT2D eigenvalue weighted by Crippen LogP contribution is 2.29. The number of nitrogens with one attached hydrogen (secondary N) is 1. The van der Waals surface area contributed by atoms with Gasteiger partial charge in [-0.2, -0.15) is 5.10 Å². The van der Waals surface area contributed by atoms with Crippen molar-refractivity contribution in [1.82, 2.24) is 5.43 Å². The largest absolute Gasteiger partial charge is 0.493 e. The SMILES string of the molecule is COc1cc(/C=N\NC(=O)c2ccc(N)cc2)ccc1OCc1ccc(Cl)cc1Cl. The van der Waals surface area contributed by atoms with Gasteiger partial charge in [-0.15, -0.1) is 0 Å². The standard InChI is InChI=1S/C22H19Cl2N3O3/c1-29-21-10-14(12-26-27-22(28)15-4-7-18(25)8-5-15)2-9-20(21)30-13-16-3-6-17(23)11-19(16)24/h2-12H,13,25H2,1H3,(H,27,28)/b26-12-. The lowest BCUT2D eigenvalue weighted by atomic mass is 10.2. The molecule has 0 spiro atoms. The van der Waals surface area contributed by atoms with Crippen LogP contribution in [-0.2, 0) is 6.61 Å². The first-order chi connectivity index (χ1) is 14.5. The van der Waals surface area contributed by atoms with Crippen LogP contribution in [0, 0.1) is 0 Å². The lowest BCUT2D eigenvalue weighted by molar-refractivity contribution is 0.0955. The van der Waals surface area contributed by atoms with Gasteiger partial charge in [-0.3, -0.25) is 4.79 Å². The average Bonchev–Trinajstić information content (AvgIpc) is 2.74. The van der Waals surface area contributed by atoms with Crippen molar-refractivity contribution in [2.45, 2.75) is 6.61 Å². The van der Waals surface area contributed by atoms with Crippen LogP contribution in [0.25, 0.3) is 0 Å². The minimum atomic E-state index is -0.335. The molecule has 0 aromatic heterocycles. The molecule has 0 saturated heterocycles. The Hall–Kier alpha value is -3.22. The number of hydrogen-bond donors (Lipinski definition) is 2. The summed E-state index contributed by atoms with van der Waals surface area (Å²) in [5, 5.41) is 5.07. The quantitative estimate of drug-likeness (QED) is 0.308. The second-order valence-corrected chi connectivity index (χ2v) is 7.10. The molecule has 0 heterocycles. The van der Waals surface area contributed by atoms with Crippen molar-refractivity contribution in [3.8, 4) is 11.5 Å². The van der Waals surface area contributed by atoms with E-state index in [2.05, 4.69) is 10.5 Å². The van der Waals surface area contributed by atoms with Gasteiger partial charge in [0, 0.05) is 26.9 Å². The first-order valence-corrected chi connectivity index (χ1v) is 9.65. The van der Waals surface area contributed by atoms with Crippen molar-refractivity contribution >= 4 is 41.0 Å². The smallest absolute Gasteiger partial charge is 0.271 e. The number of carbonyl (C=O) groups is 1. The van der Waals surface area contributed by atoms with Crippen LogP contribution in [0.15, 0.2) is 65.8 Å². The van der Waals surface area contributed by atoms with E-state index in [9.17, 15) is 4.79 Å². The zero-order valence-corrected chi connectivity index (χ0v) is 17.6. The first-order valence-electron chi connectivity index (χ1n) is 8.90. The molecular formula is C22H19Cl2N3O3. The second-order valence-electron chi connectivity index (χ2n) is 6.26. The highest BCUT2D eigenvalue weighted by Gasteiger charge is 2.08. The van der Waals surface area contributed by atoms with E-state index in [0.29, 0.717) is 32.8 Å². The molecule has 0 radical (unpaired) electrons. The Kier molecular flexibility index (Phi) is 7.17. The van der Waals surface area contributed by atoms with E-state index in [1.54, 1.807) is 61.7 Å². The Morgan fingerprint density at radius 1 is 1.07 bits per heavy atom. The summed E-state index contributed by atoms with van der Waals surface area (Å²) in [5.74, 6) is 0.735. The third-order valence-corrected chi connectivity index (χ3v) is 4.73. The van der Waals surface area contributed by atoms with Gasteiger partial charge in [-0.1, -0.05) is 29.3 Å². The molecule has 6 nitrogen and oxygen atoms in total. The third kappa shape index (κ3) is 5.65. The van der Waals surface area contributed by atoms with E-state index in [0.717, 1.165) is 11.1 Å². The number of ether oxygens (including phenoxy) is 2. The minimum absolute atomic E-state index is 0.261. The normalized spacial score (nSPS) is 10.8. The Morgan fingerprint density at radius 2 is 1.83 bits per heavy atom. The van der Waals surface area contributed by atoms with Gasteiger partial charge in [0.15, 0.2) is 11.5 Å². The predicted octanol–water partition coefficient (Wildman–Crippen LogP) is 4.93. The van der Waals surface area contributed by atoms with Gasteiger partial charge < -0.3 is 15.2 Å². The molecular weight excluding hydrogens is 425 g/mol. The van der Waals surface area contributed by atoms with E-state index >= 15 is 0 Å². The van der Waals surface area contributed by atoms with E-state index in [1.807, 2.05) is 6.07 Å². The molecule has 3 aromatic carbocycles. The number of carbonyl (C=O) groups excluding carboxylic acids is 1.